The van der Waals surface area contributed by atoms with Crippen LogP contribution in [0.25, 0.3) is 0 Å². The third kappa shape index (κ3) is 5.27. The average molecular weight is 410 g/mol. The Kier molecular flexibility index (Phi) is 6.80. The van der Waals surface area contributed by atoms with E-state index >= 15 is 0 Å². The smallest absolute Gasteiger partial charge is 0.251 e. The summed E-state index contributed by atoms with van der Waals surface area (Å²) >= 11 is 0. The number of hydrogen-bond donors (Lipinski definition) is 3. The highest BCUT2D eigenvalue weighted by Gasteiger charge is 2.27. The fraction of sp³-hybridized carbons (Fsp3) is 0.480. The summed E-state index contributed by atoms with van der Waals surface area (Å²) in [6.07, 6.45) is 5.30. The Balaban J connectivity index is 1.30. The molecule has 0 radical (unpaired) electrons. The van der Waals surface area contributed by atoms with Crippen LogP contribution in [0.4, 0.5) is 4.39 Å². The molecule has 1 unspecified atom stereocenters. The molecule has 1 amide bonds. The zero-order valence-corrected chi connectivity index (χ0v) is 17.7. The Hall–Kier alpha value is -2.24. The molecule has 2 aromatic rings. The van der Waals surface area contributed by atoms with Crippen molar-refractivity contribution in [3.8, 4) is 0 Å². The van der Waals surface area contributed by atoms with E-state index in [0.29, 0.717) is 12.0 Å². The molecular formula is C25H32FN3O. The molecule has 160 valence electrons. The molecule has 0 spiro atoms. The van der Waals surface area contributed by atoms with Crippen molar-refractivity contribution < 1.29 is 9.18 Å². The van der Waals surface area contributed by atoms with E-state index in [0.717, 1.165) is 56.3 Å². The van der Waals surface area contributed by atoms with Gasteiger partial charge < -0.3 is 16.0 Å². The van der Waals surface area contributed by atoms with Crippen molar-refractivity contribution in [2.75, 3.05) is 13.1 Å². The molecular weight excluding hydrogens is 377 g/mol. The van der Waals surface area contributed by atoms with Crippen LogP contribution >= 0.6 is 0 Å². The second-order valence-electron chi connectivity index (χ2n) is 8.77. The van der Waals surface area contributed by atoms with Gasteiger partial charge in [0.15, 0.2) is 0 Å². The number of hydrogen-bond acceptors (Lipinski definition) is 3. The highest BCUT2D eigenvalue weighted by atomic mass is 19.1. The van der Waals surface area contributed by atoms with Crippen LogP contribution in [0.2, 0.25) is 0 Å². The SMILES string of the molecule is C[C@@H](NC1CC[C@H](c2ccc(C(=O)NC3CCNCC3)cc2)C1)c1cccc(F)c1. The molecule has 4 rings (SSSR count). The zero-order chi connectivity index (χ0) is 20.9. The molecule has 0 aromatic heterocycles. The van der Waals surface area contributed by atoms with Crippen molar-refractivity contribution in [1.29, 1.82) is 0 Å². The minimum atomic E-state index is -0.185. The molecule has 1 aliphatic carbocycles. The van der Waals surface area contributed by atoms with Gasteiger partial charge in [0.2, 0.25) is 0 Å². The second kappa shape index (κ2) is 9.71. The molecule has 4 nitrogen and oxygen atoms in total. The molecule has 2 aliphatic rings. The van der Waals surface area contributed by atoms with Gasteiger partial charge in [0, 0.05) is 23.7 Å². The van der Waals surface area contributed by atoms with Gasteiger partial charge in [-0.25, -0.2) is 4.39 Å². The van der Waals surface area contributed by atoms with Crippen molar-refractivity contribution in [2.24, 2.45) is 0 Å². The first-order valence-electron chi connectivity index (χ1n) is 11.2. The number of carbonyl (C=O) groups excluding carboxylic acids is 1. The molecule has 1 saturated heterocycles. The molecule has 5 heteroatoms. The standard InChI is InChI=1S/C25H32FN3O/c1-17(20-3-2-4-22(26)15-20)28-24-10-9-21(16-24)18-5-7-19(8-6-18)25(30)29-23-11-13-27-14-12-23/h2-8,15,17,21,23-24,27-28H,9-14,16H2,1H3,(H,29,30)/t17-,21+,24?/m1/s1. The number of carbonyl (C=O) groups is 1. The van der Waals surface area contributed by atoms with Crippen molar-refractivity contribution in [3.63, 3.8) is 0 Å². The van der Waals surface area contributed by atoms with Crippen LogP contribution in [-0.2, 0) is 0 Å². The van der Waals surface area contributed by atoms with Crippen molar-refractivity contribution in [3.05, 3.63) is 71.0 Å². The van der Waals surface area contributed by atoms with Gasteiger partial charge in [0.05, 0.1) is 0 Å². The van der Waals surface area contributed by atoms with Gasteiger partial charge in [0.1, 0.15) is 5.82 Å². The molecule has 0 bridgehead atoms. The number of nitrogens with one attached hydrogen (secondary N) is 3. The third-order valence-electron chi connectivity index (χ3n) is 6.59. The number of piperidine rings is 1. The summed E-state index contributed by atoms with van der Waals surface area (Å²) in [5.41, 5.74) is 3.03. The predicted octanol–water partition coefficient (Wildman–Crippen LogP) is 4.29. The highest BCUT2D eigenvalue weighted by molar-refractivity contribution is 5.94. The molecule has 1 aliphatic heterocycles. The lowest BCUT2D eigenvalue weighted by atomic mass is 9.96. The van der Waals surface area contributed by atoms with Crippen LogP contribution in [0, 0.1) is 5.82 Å². The fourth-order valence-electron chi connectivity index (χ4n) is 4.80. The van der Waals surface area contributed by atoms with Crippen LogP contribution < -0.4 is 16.0 Å². The van der Waals surface area contributed by atoms with E-state index in [-0.39, 0.29) is 23.8 Å². The minimum absolute atomic E-state index is 0.0309. The molecule has 2 fully saturated rings. The van der Waals surface area contributed by atoms with Gasteiger partial charge in [0.25, 0.3) is 5.91 Å². The van der Waals surface area contributed by atoms with Gasteiger partial charge in [-0.3, -0.25) is 4.79 Å². The van der Waals surface area contributed by atoms with Crippen LogP contribution in [0.15, 0.2) is 48.5 Å². The number of halogens is 1. The second-order valence-corrected chi connectivity index (χ2v) is 8.77. The summed E-state index contributed by atoms with van der Waals surface area (Å²) in [6.45, 7) is 4.04. The van der Waals surface area contributed by atoms with Crippen LogP contribution in [0.1, 0.15) is 72.5 Å². The van der Waals surface area contributed by atoms with E-state index in [4.69, 9.17) is 0 Å². The number of rotatable bonds is 6. The van der Waals surface area contributed by atoms with E-state index in [1.165, 1.54) is 11.6 Å². The Labute approximate surface area is 178 Å². The largest absolute Gasteiger partial charge is 0.349 e. The first-order chi connectivity index (χ1) is 14.6. The van der Waals surface area contributed by atoms with Gasteiger partial charge in [-0.15, -0.1) is 0 Å². The summed E-state index contributed by atoms with van der Waals surface area (Å²) in [5, 5.41) is 10.1. The van der Waals surface area contributed by atoms with Gasteiger partial charge in [-0.2, -0.15) is 0 Å². The third-order valence-corrected chi connectivity index (χ3v) is 6.59. The van der Waals surface area contributed by atoms with Crippen molar-refractivity contribution in [2.45, 2.75) is 63.1 Å². The minimum Gasteiger partial charge on any atom is -0.349 e. The fourth-order valence-corrected chi connectivity index (χ4v) is 4.80. The van der Waals surface area contributed by atoms with E-state index in [2.05, 4.69) is 35.0 Å². The van der Waals surface area contributed by atoms with Gasteiger partial charge >= 0.3 is 0 Å². The maximum absolute atomic E-state index is 13.5. The normalized spacial score (nSPS) is 23.3. The van der Waals surface area contributed by atoms with E-state index < -0.39 is 0 Å². The topological polar surface area (TPSA) is 53.2 Å². The van der Waals surface area contributed by atoms with Crippen molar-refractivity contribution in [1.82, 2.24) is 16.0 Å². The lowest BCUT2D eigenvalue weighted by molar-refractivity contribution is 0.0929. The van der Waals surface area contributed by atoms with E-state index in [1.807, 2.05) is 18.2 Å². The lowest BCUT2D eigenvalue weighted by Crippen LogP contribution is -2.42. The first kappa shape index (κ1) is 21.0. The Morgan fingerprint density at radius 1 is 1.03 bits per heavy atom. The average Bonchev–Trinajstić information content (AvgIpc) is 3.23. The van der Waals surface area contributed by atoms with Crippen LogP contribution in [0.5, 0.6) is 0 Å². The highest BCUT2D eigenvalue weighted by Crippen LogP contribution is 2.35. The maximum atomic E-state index is 13.5. The quantitative estimate of drug-likeness (QED) is 0.667. The number of amides is 1. The Morgan fingerprint density at radius 3 is 2.53 bits per heavy atom. The van der Waals surface area contributed by atoms with Crippen LogP contribution in [0.3, 0.4) is 0 Å². The zero-order valence-electron chi connectivity index (χ0n) is 17.7. The summed E-state index contributed by atoms with van der Waals surface area (Å²) in [6, 6.07) is 15.8. The predicted molar refractivity (Wildman–Crippen MR) is 118 cm³/mol. The summed E-state index contributed by atoms with van der Waals surface area (Å²) in [7, 11) is 0. The van der Waals surface area contributed by atoms with Crippen molar-refractivity contribution >= 4 is 5.91 Å². The first-order valence-corrected chi connectivity index (χ1v) is 11.2. The van der Waals surface area contributed by atoms with Gasteiger partial charge in [-0.1, -0.05) is 24.3 Å². The maximum Gasteiger partial charge on any atom is 0.251 e. The summed E-state index contributed by atoms with van der Waals surface area (Å²) < 4.78 is 13.5. The lowest BCUT2D eigenvalue weighted by Gasteiger charge is -2.23. The Morgan fingerprint density at radius 2 is 1.80 bits per heavy atom. The van der Waals surface area contributed by atoms with E-state index in [9.17, 15) is 9.18 Å². The molecule has 2 aromatic carbocycles. The summed E-state index contributed by atoms with van der Waals surface area (Å²) in [5.74, 6) is 0.349. The van der Waals surface area contributed by atoms with E-state index in [1.54, 1.807) is 12.1 Å². The van der Waals surface area contributed by atoms with Gasteiger partial charge in [-0.05, 0) is 93.4 Å². The monoisotopic (exact) mass is 409 g/mol. The molecule has 1 saturated carbocycles. The summed E-state index contributed by atoms with van der Waals surface area (Å²) in [4.78, 5) is 12.5. The molecule has 3 atom stereocenters. The Bertz CT molecular complexity index is 848. The number of benzene rings is 2. The molecule has 3 N–H and O–H groups in total. The van der Waals surface area contributed by atoms with Crippen LogP contribution in [-0.4, -0.2) is 31.1 Å². The molecule has 30 heavy (non-hydrogen) atoms. The molecule has 1 heterocycles.